The molecule has 0 bridgehead atoms. The number of carbonyl (C=O) groups is 1. The molecule has 0 heterocycles. The predicted octanol–water partition coefficient (Wildman–Crippen LogP) is 2.96. The molecule has 22 heavy (non-hydrogen) atoms. The van der Waals surface area contributed by atoms with Crippen molar-refractivity contribution < 1.29 is 14.6 Å². The molecule has 1 atom stereocenters. The van der Waals surface area contributed by atoms with Crippen molar-refractivity contribution in [1.29, 1.82) is 0 Å². The van der Waals surface area contributed by atoms with Gasteiger partial charge in [-0.3, -0.25) is 4.79 Å². The molecule has 2 aromatic rings. The lowest BCUT2D eigenvalue weighted by atomic mass is 10.1. The number of nitrogens with one attached hydrogen (secondary N) is 1. The lowest BCUT2D eigenvalue weighted by Crippen LogP contribution is -2.33. The molecular formula is C17H18ClNO3. The van der Waals surface area contributed by atoms with Crippen LogP contribution in [0.2, 0.25) is 5.02 Å². The van der Waals surface area contributed by atoms with Crippen molar-refractivity contribution in [2.75, 3.05) is 13.2 Å². The third-order valence-electron chi connectivity index (χ3n) is 3.04. The summed E-state index contributed by atoms with van der Waals surface area (Å²) in [4.78, 5) is 12.3. The molecule has 2 aromatic carbocycles. The van der Waals surface area contributed by atoms with E-state index in [1.807, 2.05) is 30.3 Å². The third-order valence-corrected chi connectivity index (χ3v) is 3.29. The summed E-state index contributed by atoms with van der Waals surface area (Å²) in [6.07, 6.45) is -0.241. The van der Waals surface area contributed by atoms with Crippen molar-refractivity contribution >= 4 is 17.5 Å². The van der Waals surface area contributed by atoms with Gasteiger partial charge >= 0.3 is 0 Å². The van der Waals surface area contributed by atoms with Crippen molar-refractivity contribution in [2.24, 2.45) is 0 Å². The zero-order valence-corrected chi connectivity index (χ0v) is 12.8. The Morgan fingerprint density at radius 3 is 2.45 bits per heavy atom. The van der Waals surface area contributed by atoms with Crippen LogP contribution in [0.4, 0.5) is 0 Å². The zero-order valence-electron chi connectivity index (χ0n) is 12.0. The summed E-state index contributed by atoms with van der Waals surface area (Å²) in [6.45, 7) is 0.441. The molecule has 0 spiro atoms. The molecule has 0 aliphatic rings. The average molecular weight is 320 g/mol. The fourth-order valence-corrected chi connectivity index (χ4v) is 2.06. The van der Waals surface area contributed by atoms with Gasteiger partial charge in [0.25, 0.3) is 5.91 Å². The Morgan fingerprint density at radius 2 is 1.82 bits per heavy atom. The molecule has 0 radical (unpaired) electrons. The number of aliphatic hydroxyl groups is 1. The van der Waals surface area contributed by atoms with Gasteiger partial charge in [0.05, 0.1) is 0 Å². The number of ether oxygens (including phenoxy) is 1. The van der Waals surface area contributed by atoms with Crippen LogP contribution in [0, 0.1) is 0 Å². The first-order chi connectivity index (χ1) is 10.7. The number of hydrogen-bond donors (Lipinski definition) is 2. The third kappa shape index (κ3) is 4.76. The minimum atomic E-state index is -0.749. The van der Waals surface area contributed by atoms with Gasteiger partial charge in [-0.05, 0) is 30.7 Å². The molecule has 4 nitrogen and oxygen atoms in total. The number of amides is 1. The summed E-state index contributed by atoms with van der Waals surface area (Å²) >= 11 is 5.85. The van der Waals surface area contributed by atoms with E-state index in [0.717, 1.165) is 5.56 Å². The Hall–Kier alpha value is -2.04. The number of hydrogen-bond acceptors (Lipinski definition) is 3. The lowest BCUT2D eigenvalue weighted by Gasteiger charge is -2.19. The minimum Gasteiger partial charge on any atom is -0.476 e. The Labute approximate surface area is 134 Å². The minimum absolute atomic E-state index is 0.0360. The molecule has 5 heteroatoms. The van der Waals surface area contributed by atoms with E-state index < -0.39 is 6.10 Å². The van der Waals surface area contributed by atoms with Crippen LogP contribution in [-0.4, -0.2) is 24.2 Å². The summed E-state index contributed by atoms with van der Waals surface area (Å²) in [6, 6.07) is 16.1. The van der Waals surface area contributed by atoms with Crippen LogP contribution in [0.1, 0.15) is 18.1 Å². The van der Waals surface area contributed by atoms with Gasteiger partial charge in [-0.15, -0.1) is 0 Å². The number of halogens is 1. The number of aliphatic hydroxyl groups excluding tert-OH is 1. The summed E-state index contributed by atoms with van der Waals surface area (Å²) in [7, 11) is 0. The van der Waals surface area contributed by atoms with Gasteiger partial charge < -0.3 is 15.2 Å². The zero-order chi connectivity index (χ0) is 15.8. The van der Waals surface area contributed by atoms with E-state index in [0.29, 0.717) is 23.7 Å². The highest BCUT2D eigenvalue weighted by Crippen LogP contribution is 2.23. The van der Waals surface area contributed by atoms with Crippen LogP contribution < -0.4 is 10.1 Å². The van der Waals surface area contributed by atoms with Crippen LogP contribution >= 0.6 is 11.6 Å². The van der Waals surface area contributed by atoms with Gasteiger partial charge in [0.1, 0.15) is 5.75 Å². The van der Waals surface area contributed by atoms with Gasteiger partial charge in [0.15, 0.2) is 0 Å². The summed E-state index contributed by atoms with van der Waals surface area (Å²) in [5.41, 5.74) is 0.763. The number of benzene rings is 2. The van der Waals surface area contributed by atoms with Crippen molar-refractivity contribution in [3.8, 4) is 5.75 Å². The smallest absolute Gasteiger partial charge is 0.265 e. The quantitative estimate of drug-likeness (QED) is 0.771. The first-order valence-electron chi connectivity index (χ1n) is 7.06. The number of carbonyl (C=O) groups excluding carboxylic acids is 1. The molecule has 0 aliphatic heterocycles. The highest BCUT2D eigenvalue weighted by atomic mass is 35.5. The van der Waals surface area contributed by atoms with Crippen molar-refractivity contribution in [1.82, 2.24) is 5.32 Å². The van der Waals surface area contributed by atoms with Crippen molar-refractivity contribution in [2.45, 2.75) is 12.5 Å². The maximum absolute atomic E-state index is 12.3. The SMILES string of the molecule is O=C(NCCCO)C(Oc1ccc(Cl)cc1)c1ccccc1. The average Bonchev–Trinajstić information content (AvgIpc) is 2.55. The molecule has 1 unspecified atom stereocenters. The molecule has 116 valence electrons. The topological polar surface area (TPSA) is 58.6 Å². The first-order valence-corrected chi connectivity index (χ1v) is 7.44. The molecular weight excluding hydrogens is 302 g/mol. The van der Waals surface area contributed by atoms with E-state index >= 15 is 0 Å². The van der Waals surface area contributed by atoms with E-state index in [4.69, 9.17) is 21.4 Å². The molecule has 2 N–H and O–H groups in total. The molecule has 0 aliphatic carbocycles. The van der Waals surface area contributed by atoms with Crippen LogP contribution in [0.5, 0.6) is 5.75 Å². The summed E-state index contributed by atoms with van der Waals surface area (Å²) in [5, 5.41) is 12.2. The maximum Gasteiger partial charge on any atom is 0.265 e. The molecule has 0 saturated carbocycles. The molecule has 2 rings (SSSR count). The second kappa shape index (κ2) is 8.41. The second-order valence-electron chi connectivity index (χ2n) is 4.73. The fraction of sp³-hybridized carbons (Fsp3) is 0.235. The molecule has 0 fully saturated rings. The Kier molecular flexibility index (Phi) is 6.25. The number of rotatable bonds is 7. The van der Waals surface area contributed by atoms with Gasteiger partial charge in [-0.25, -0.2) is 0 Å². The van der Waals surface area contributed by atoms with Crippen LogP contribution in [0.3, 0.4) is 0 Å². The van der Waals surface area contributed by atoms with Crippen LogP contribution in [0.25, 0.3) is 0 Å². The first kappa shape index (κ1) is 16.3. The molecule has 0 aromatic heterocycles. The van der Waals surface area contributed by atoms with E-state index in [-0.39, 0.29) is 12.5 Å². The van der Waals surface area contributed by atoms with Gasteiger partial charge in [-0.1, -0.05) is 41.9 Å². The fourth-order valence-electron chi connectivity index (χ4n) is 1.93. The van der Waals surface area contributed by atoms with Crippen LogP contribution in [-0.2, 0) is 4.79 Å². The monoisotopic (exact) mass is 319 g/mol. The molecule has 0 saturated heterocycles. The maximum atomic E-state index is 12.3. The van der Waals surface area contributed by atoms with Crippen molar-refractivity contribution in [3.05, 3.63) is 65.2 Å². The normalized spacial score (nSPS) is 11.7. The largest absolute Gasteiger partial charge is 0.476 e. The van der Waals surface area contributed by atoms with Gasteiger partial charge in [-0.2, -0.15) is 0 Å². The van der Waals surface area contributed by atoms with Gasteiger partial charge in [0.2, 0.25) is 6.10 Å². The second-order valence-corrected chi connectivity index (χ2v) is 5.17. The Balaban J connectivity index is 2.14. The van der Waals surface area contributed by atoms with E-state index in [9.17, 15) is 4.79 Å². The Morgan fingerprint density at radius 1 is 1.14 bits per heavy atom. The molecule has 1 amide bonds. The summed E-state index contributed by atoms with van der Waals surface area (Å²) < 4.78 is 5.81. The lowest BCUT2D eigenvalue weighted by molar-refractivity contribution is -0.128. The van der Waals surface area contributed by atoms with Crippen LogP contribution in [0.15, 0.2) is 54.6 Å². The standard InChI is InChI=1S/C17H18ClNO3/c18-14-7-9-15(10-8-14)22-16(13-5-2-1-3-6-13)17(21)19-11-4-12-20/h1-3,5-10,16,20H,4,11-12H2,(H,19,21). The predicted molar refractivity (Wildman–Crippen MR) is 86.0 cm³/mol. The van der Waals surface area contributed by atoms with Crippen molar-refractivity contribution in [3.63, 3.8) is 0 Å². The highest BCUT2D eigenvalue weighted by Gasteiger charge is 2.22. The van der Waals surface area contributed by atoms with Gasteiger partial charge in [0, 0.05) is 23.7 Å². The Bertz CT molecular complexity index is 587. The summed E-state index contributed by atoms with van der Waals surface area (Å²) in [5.74, 6) is 0.324. The van der Waals surface area contributed by atoms with E-state index in [1.54, 1.807) is 24.3 Å². The van der Waals surface area contributed by atoms with E-state index in [1.165, 1.54) is 0 Å². The van der Waals surface area contributed by atoms with E-state index in [2.05, 4.69) is 5.32 Å². The highest BCUT2D eigenvalue weighted by molar-refractivity contribution is 6.30.